The van der Waals surface area contributed by atoms with E-state index >= 15 is 0 Å². The molecule has 1 heterocycles. The van der Waals surface area contributed by atoms with Gasteiger partial charge < -0.3 is 14.4 Å². The standard InChI is InChI=1S/C28H37N3O5/c1-18(2)12-13-36-24-11-10-21(16-25(24)35-5)27(33)29-30-28(34)23-15-20-8-6-7-9-22(20)17-31(23)26(32)14-19(3)4/h6-11,16,18-19,23H,12-15,17H2,1-5H3,(H,29,33)(H,30,34). The van der Waals surface area contributed by atoms with Gasteiger partial charge in [-0.25, -0.2) is 0 Å². The van der Waals surface area contributed by atoms with Crippen LogP contribution in [0.2, 0.25) is 0 Å². The molecule has 0 saturated heterocycles. The maximum absolute atomic E-state index is 13.1. The molecule has 2 N–H and O–H groups in total. The second kappa shape index (κ2) is 12.4. The highest BCUT2D eigenvalue weighted by atomic mass is 16.5. The van der Waals surface area contributed by atoms with Crippen molar-refractivity contribution in [2.45, 2.75) is 59.5 Å². The normalized spacial score (nSPS) is 14.9. The van der Waals surface area contributed by atoms with Crippen molar-refractivity contribution in [3.8, 4) is 11.5 Å². The van der Waals surface area contributed by atoms with Crippen molar-refractivity contribution in [2.24, 2.45) is 11.8 Å². The van der Waals surface area contributed by atoms with Crippen LogP contribution in [-0.4, -0.2) is 42.4 Å². The van der Waals surface area contributed by atoms with Crippen LogP contribution >= 0.6 is 0 Å². The first-order valence-corrected chi connectivity index (χ1v) is 12.5. The van der Waals surface area contributed by atoms with E-state index in [0.717, 1.165) is 17.5 Å². The minimum Gasteiger partial charge on any atom is -0.493 e. The molecule has 1 atom stereocenters. The van der Waals surface area contributed by atoms with Gasteiger partial charge in [-0.15, -0.1) is 0 Å². The van der Waals surface area contributed by atoms with E-state index in [1.54, 1.807) is 23.1 Å². The van der Waals surface area contributed by atoms with Crippen molar-refractivity contribution in [2.75, 3.05) is 13.7 Å². The Morgan fingerprint density at radius 2 is 1.69 bits per heavy atom. The van der Waals surface area contributed by atoms with Crippen molar-refractivity contribution in [1.29, 1.82) is 0 Å². The van der Waals surface area contributed by atoms with Crippen LogP contribution in [0.25, 0.3) is 0 Å². The summed E-state index contributed by atoms with van der Waals surface area (Å²) in [4.78, 5) is 40.4. The van der Waals surface area contributed by atoms with Gasteiger partial charge in [-0.2, -0.15) is 0 Å². The van der Waals surface area contributed by atoms with E-state index in [0.29, 0.717) is 49.0 Å². The minimum atomic E-state index is -0.710. The van der Waals surface area contributed by atoms with Crippen molar-refractivity contribution in [3.05, 3.63) is 59.2 Å². The molecule has 3 rings (SSSR count). The zero-order valence-corrected chi connectivity index (χ0v) is 21.8. The fraction of sp³-hybridized carbons (Fsp3) is 0.464. The summed E-state index contributed by atoms with van der Waals surface area (Å²) in [5.41, 5.74) is 7.36. The van der Waals surface area contributed by atoms with Gasteiger partial charge in [0.2, 0.25) is 5.91 Å². The van der Waals surface area contributed by atoms with Crippen LogP contribution in [0.1, 0.15) is 62.0 Å². The number of carbonyl (C=O) groups excluding carboxylic acids is 3. The number of rotatable bonds is 9. The van der Waals surface area contributed by atoms with Gasteiger partial charge in [0, 0.05) is 24.9 Å². The first-order chi connectivity index (χ1) is 17.2. The van der Waals surface area contributed by atoms with Gasteiger partial charge in [0.15, 0.2) is 11.5 Å². The van der Waals surface area contributed by atoms with Crippen LogP contribution in [-0.2, 0) is 22.6 Å². The van der Waals surface area contributed by atoms with E-state index < -0.39 is 17.9 Å². The lowest BCUT2D eigenvalue weighted by Gasteiger charge is -2.36. The molecule has 0 fully saturated rings. The Morgan fingerprint density at radius 3 is 2.36 bits per heavy atom. The second-order valence-electron chi connectivity index (χ2n) is 9.95. The summed E-state index contributed by atoms with van der Waals surface area (Å²) in [6, 6.07) is 12.0. The fourth-order valence-electron chi connectivity index (χ4n) is 4.09. The van der Waals surface area contributed by atoms with Crippen LogP contribution < -0.4 is 20.3 Å². The van der Waals surface area contributed by atoms with Gasteiger partial charge in [0.25, 0.3) is 11.8 Å². The summed E-state index contributed by atoms with van der Waals surface area (Å²) in [5.74, 6) is 0.668. The summed E-state index contributed by atoms with van der Waals surface area (Å²) in [5, 5.41) is 0. The zero-order chi connectivity index (χ0) is 26.2. The van der Waals surface area contributed by atoms with Gasteiger partial charge in [-0.3, -0.25) is 25.2 Å². The third-order valence-corrected chi connectivity index (χ3v) is 6.13. The third-order valence-electron chi connectivity index (χ3n) is 6.13. The molecule has 8 heteroatoms. The predicted molar refractivity (Wildman–Crippen MR) is 137 cm³/mol. The molecule has 0 radical (unpaired) electrons. The number of amides is 3. The lowest BCUT2D eigenvalue weighted by Crippen LogP contribution is -2.56. The molecular weight excluding hydrogens is 458 g/mol. The summed E-state index contributed by atoms with van der Waals surface area (Å²) >= 11 is 0. The number of hydrazine groups is 1. The molecule has 2 aromatic carbocycles. The van der Waals surface area contributed by atoms with Crippen molar-refractivity contribution < 1.29 is 23.9 Å². The number of methoxy groups -OCH3 is 1. The number of benzene rings is 2. The van der Waals surface area contributed by atoms with E-state index in [2.05, 4.69) is 24.7 Å². The molecule has 0 bridgehead atoms. The highest BCUT2D eigenvalue weighted by Crippen LogP contribution is 2.28. The average Bonchev–Trinajstić information content (AvgIpc) is 2.85. The monoisotopic (exact) mass is 495 g/mol. The molecule has 1 aliphatic heterocycles. The predicted octanol–water partition coefficient (Wildman–Crippen LogP) is 3.88. The summed E-state index contributed by atoms with van der Waals surface area (Å²) in [6.07, 6.45) is 1.64. The van der Waals surface area contributed by atoms with Crippen molar-refractivity contribution in [3.63, 3.8) is 0 Å². The van der Waals surface area contributed by atoms with E-state index in [1.165, 1.54) is 7.11 Å². The molecular formula is C28H37N3O5. The quantitative estimate of drug-likeness (QED) is 0.515. The molecule has 0 aliphatic carbocycles. The molecule has 1 aliphatic rings. The number of carbonyl (C=O) groups is 3. The van der Waals surface area contributed by atoms with E-state index in [-0.39, 0.29) is 11.8 Å². The molecule has 8 nitrogen and oxygen atoms in total. The average molecular weight is 496 g/mol. The lowest BCUT2D eigenvalue weighted by atomic mass is 9.92. The molecule has 3 amide bonds. The second-order valence-corrected chi connectivity index (χ2v) is 9.95. The van der Waals surface area contributed by atoms with Crippen LogP contribution in [0.4, 0.5) is 0 Å². The SMILES string of the molecule is COc1cc(C(=O)NNC(=O)C2Cc3ccccc3CN2C(=O)CC(C)C)ccc1OCCC(C)C. The molecule has 194 valence electrons. The molecule has 0 saturated carbocycles. The Balaban J connectivity index is 1.67. The van der Waals surface area contributed by atoms with E-state index in [4.69, 9.17) is 9.47 Å². The highest BCUT2D eigenvalue weighted by molar-refractivity contribution is 5.97. The smallest absolute Gasteiger partial charge is 0.269 e. The fourth-order valence-corrected chi connectivity index (χ4v) is 4.09. The number of nitrogens with zero attached hydrogens (tertiary/aromatic N) is 1. The maximum Gasteiger partial charge on any atom is 0.269 e. The Morgan fingerprint density at radius 1 is 0.972 bits per heavy atom. The van der Waals surface area contributed by atoms with Gasteiger partial charge >= 0.3 is 0 Å². The summed E-state index contributed by atoms with van der Waals surface area (Å²) in [6.45, 7) is 9.09. The molecule has 0 aromatic heterocycles. The topological polar surface area (TPSA) is 97.0 Å². The van der Waals surface area contributed by atoms with Crippen LogP contribution in [0.15, 0.2) is 42.5 Å². The van der Waals surface area contributed by atoms with Crippen molar-refractivity contribution >= 4 is 17.7 Å². The molecule has 2 aromatic rings. The number of nitrogens with one attached hydrogen (secondary N) is 2. The van der Waals surface area contributed by atoms with Gasteiger partial charge in [-0.05, 0) is 47.6 Å². The van der Waals surface area contributed by atoms with Crippen molar-refractivity contribution in [1.82, 2.24) is 15.8 Å². The van der Waals surface area contributed by atoms with Gasteiger partial charge in [0.05, 0.1) is 13.7 Å². The Hall–Kier alpha value is -3.55. The minimum absolute atomic E-state index is 0.0798. The van der Waals surface area contributed by atoms with Crippen LogP contribution in [0.5, 0.6) is 11.5 Å². The number of hydrogen-bond donors (Lipinski definition) is 2. The van der Waals surface area contributed by atoms with Crippen LogP contribution in [0.3, 0.4) is 0 Å². The largest absolute Gasteiger partial charge is 0.493 e. The van der Waals surface area contributed by atoms with Crippen LogP contribution in [0, 0.1) is 11.8 Å². The highest BCUT2D eigenvalue weighted by Gasteiger charge is 2.34. The Kier molecular flexibility index (Phi) is 9.33. The molecule has 1 unspecified atom stereocenters. The zero-order valence-electron chi connectivity index (χ0n) is 21.8. The first kappa shape index (κ1) is 27.0. The van der Waals surface area contributed by atoms with Gasteiger partial charge in [-0.1, -0.05) is 52.0 Å². The number of ether oxygens (including phenoxy) is 2. The Bertz CT molecular complexity index is 1080. The first-order valence-electron chi connectivity index (χ1n) is 12.5. The summed E-state index contributed by atoms with van der Waals surface area (Å²) < 4.78 is 11.2. The number of hydrogen-bond acceptors (Lipinski definition) is 5. The van der Waals surface area contributed by atoms with E-state index in [1.807, 2.05) is 38.1 Å². The third kappa shape index (κ3) is 6.99. The van der Waals surface area contributed by atoms with E-state index in [9.17, 15) is 14.4 Å². The molecule has 0 spiro atoms. The number of fused-ring (bicyclic) bond motifs is 1. The maximum atomic E-state index is 13.1. The van der Waals surface area contributed by atoms with Gasteiger partial charge in [0.1, 0.15) is 6.04 Å². The summed E-state index contributed by atoms with van der Waals surface area (Å²) in [7, 11) is 1.51. The Labute approximate surface area is 213 Å². The molecule has 36 heavy (non-hydrogen) atoms. The lowest BCUT2D eigenvalue weighted by molar-refractivity contribution is -0.142.